The van der Waals surface area contributed by atoms with E-state index in [1.165, 1.54) is 30.4 Å². The van der Waals surface area contributed by atoms with Crippen LogP contribution in [0.4, 0.5) is 4.79 Å². The molecule has 6 aliphatic rings. The van der Waals surface area contributed by atoms with Gasteiger partial charge in [0.1, 0.15) is 6.61 Å². The molecule has 0 unspecified atom stereocenters. The molecule has 0 spiro atoms. The van der Waals surface area contributed by atoms with Crippen LogP contribution in [0.5, 0.6) is 0 Å². The largest absolute Gasteiger partial charge is 0.366 e. The zero-order chi connectivity index (χ0) is 18.9. The summed E-state index contributed by atoms with van der Waals surface area (Å²) in [5.41, 5.74) is 3.39. The van der Waals surface area contributed by atoms with Gasteiger partial charge in [-0.1, -0.05) is 24.3 Å². The Morgan fingerprint density at radius 3 is 2.50 bits per heavy atom. The van der Waals surface area contributed by atoms with Gasteiger partial charge in [0.15, 0.2) is 0 Å². The molecule has 2 bridgehead atoms. The molecule has 1 aromatic rings. The van der Waals surface area contributed by atoms with Crippen molar-refractivity contribution in [3.63, 3.8) is 0 Å². The van der Waals surface area contributed by atoms with E-state index in [0.29, 0.717) is 24.4 Å². The average Bonchev–Trinajstić information content (AvgIpc) is 2.58. The number of fused-ring (bicyclic) bond motifs is 1. The number of likely N-dealkylation sites (tertiary alicyclic amines) is 2. The molecule has 3 heterocycles. The second kappa shape index (κ2) is 5.96. The summed E-state index contributed by atoms with van der Waals surface area (Å²) in [6.07, 6.45) is 5.01. The molecule has 1 N–H and O–H groups in total. The van der Waals surface area contributed by atoms with Crippen LogP contribution in [-0.4, -0.2) is 66.7 Å². The topological polar surface area (TPSA) is 61.9 Å². The van der Waals surface area contributed by atoms with Crippen molar-refractivity contribution in [2.24, 2.45) is 5.92 Å². The van der Waals surface area contributed by atoms with Gasteiger partial charge in [-0.3, -0.25) is 4.79 Å². The second-order valence-electron chi connectivity index (χ2n) is 9.52. The number of carbonyl (C=O) groups excluding carboxylic acids is 2. The summed E-state index contributed by atoms with van der Waals surface area (Å²) < 4.78 is 5.58. The summed E-state index contributed by atoms with van der Waals surface area (Å²) >= 11 is 0. The Bertz CT molecular complexity index is 800. The van der Waals surface area contributed by atoms with E-state index in [1.807, 2.05) is 9.80 Å². The molecule has 6 fully saturated rings. The van der Waals surface area contributed by atoms with Crippen molar-refractivity contribution >= 4 is 11.9 Å². The third-order valence-electron chi connectivity index (χ3n) is 7.78. The Labute approximate surface area is 165 Å². The number of hydrogen-bond acceptors (Lipinski definition) is 3. The smallest absolute Gasteiger partial charge is 0.320 e. The maximum Gasteiger partial charge on any atom is 0.320 e. The SMILES string of the molecule is O=C1CO[C@H]2CCN(C(=O)N3CC(c4ccc(C56CC(C5)C6)cc4)C3)C[C@H]2N1. The lowest BCUT2D eigenvalue weighted by atomic mass is 9.42. The van der Waals surface area contributed by atoms with Crippen LogP contribution in [0.3, 0.4) is 0 Å². The number of piperidine rings is 1. The van der Waals surface area contributed by atoms with Crippen LogP contribution in [0.1, 0.15) is 42.7 Å². The van der Waals surface area contributed by atoms with Crippen LogP contribution in [0, 0.1) is 5.92 Å². The summed E-state index contributed by atoms with van der Waals surface area (Å²) in [7, 11) is 0. The van der Waals surface area contributed by atoms with E-state index in [4.69, 9.17) is 4.74 Å². The van der Waals surface area contributed by atoms with Crippen molar-refractivity contribution in [1.82, 2.24) is 15.1 Å². The molecule has 148 valence electrons. The molecule has 3 saturated heterocycles. The Morgan fingerprint density at radius 2 is 1.82 bits per heavy atom. The normalized spacial score (nSPS) is 36.6. The molecular formula is C22H27N3O3. The van der Waals surface area contributed by atoms with Gasteiger partial charge in [-0.15, -0.1) is 0 Å². The lowest BCUT2D eigenvalue weighted by Crippen LogP contribution is -2.63. The van der Waals surface area contributed by atoms with Crippen molar-refractivity contribution in [1.29, 1.82) is 0 Å². The Morgan fingerprint density at radius 1 is 1.07 bits per heavy atom. The van der Waals surface area contributed by atoms with Gasteiger partial charge in [0.2, 0.25) is 5.91 Å². The maximum absolute atomic E-state index is 12.8. The van der Waals surface area contributed by atoms with Crippen molar-refractivity contribution in [3.05, 3.63) is 35.4 Å². The fourth-order valence-electron chi connectivity index (χ4n) is 5.86. The predicted molar refractivity (Wildman–Crippen MR) is 103 cm³/mol. The summed E-state index contributed by atoms with van der Waals surface area (Å²) in [4.78, 5) is 28.2. The monoisotopic (exact) mass is 381 g/mol. The highest BCUT2D eigenvalue weighted by atomic mass is 16.5. The molecule has 1 aromatic carbocycles. The first kappa shape index (κ1) is 16.8. The third kappa shape index (κ3) is 2.50. The highest BCUT2D eigenvalue weighted by Gasteiger charge is 2.57. The molecule has 6 nitrogen and oxygen atoms in total. The van der Waals surface area contributed by atoms with E-state index in [9.17, 15) is 9.59 Å². The van der Waals surface area contributed by atoms with Gasteiger partial charge in [0.05, 0.1) is 12.1 Å². The first-order chi connectivity index (χ1) is 13.6. The van der Waals surface area contributed by atoms with Crippen LogP contribution < -0.4 is 5.32 Å². The molecule has 0 radical (unpaired) electrons. The van der Waals surface area contributed by atoms with Crippen LogP contribution in [0.25, 0.3) is 0 Å². The summed E-state index contributed by atoms with van der Waals surface area (Å²) in [6, 6.07) is 9.24. The van der Waals surface area contributed by atoms with E-state index in [2.05, 4.69) is 29.6 Å². The number of morpholine rings is 1. The number of benzene rings is 1. The molecule has 2 atom stereocenters. The zero-order valence-corrected chi connectivity index (χ0v) is 16.1. The number of nitrogens with one attached hydrogen (secondary N) is 1. The Balaban J connectivity index is 1.04. The Hall–Kier alpha value is -2.08. The van der Waals surface area contributed by atoms with Gasteiger partial charge in [-0.25, -0.2) is 4.79 Å². The molecule has 6 heteroatoms. The lowest BCUT2D eigenvalue weighted by molar-refractivity contribution is -0.139. The van der Waals surface area contributed by atoms with E-state index in [1.54, 1.807) is 0 Å². The molecule has 28 heavy (non-hydrogen) atoms. The quantitative estimate of drug-likeness (QED) is 0.850. The zero-order valence-electron chi connectivity index (χ0n) is 16.1. The van der Waals surface area contributed by atoms with Gasteiger partial charge in [0.25, 0.3) is 0 Å². The summed E-state index contributed by atoms with van der Waals surface area (Å²) in [5, 5.41) is 2.97. The van der Waals surface area contributed by atoms with Crippen LogP contribution >= 0.6 is 0 Å². The number of amides is 3. The van der Waals surface area contributed by atoms with Crippen molar-refractivity contribution < 1.29 is 14.3 Å². The van der Waals surface area contributed by atoms with Gasteiger partial charge in [-0.05, 0) is 48.1 Å². The standard InChI is InChI=1S/C22H27N3O3/c26-20-13-28-19-5-6-24(12-18(19)23-20)21(27)25-10-16(11-25)15-1-3-17(4-2-15)22-7-14(8-22)9-22/h1-4,14,16,18-19H,5-13H2,(H,23,26)/t14?,18-,19+,22?/m1/s1. The van der Waals surface area contributed by atoms with E-state index < -0.39 is 0 Å². The number of rotatable bonds is 2. The second-order valence-corrected chi connectivity index (χ2v) is 9.52. The number of ether oxygens (including phenoxy) is 1. The Kier molecular flexibility index (Phi) is 3.58. The van der Waals surface area contributed by atoms with Crippen molar-refractivity contribution in [2.45, 2.75) is 49.2 Å². The maximum atomic E-state index is 12.8. The third-order valence-corrected chi connectivity index (χ3v) is 7.78. The first-order valence-corrected chi connectivity index (χ1v) is 10.6. The van der Waals surface area contributed by atoms with E-state index in [0.717, 1.165) is 25.4 Å². The molecule has 3 aliphatic carbocycles. The summed E-state index contributed by atoms with van der Waals surface area (Å²) in [5.74, 6) is 1.37. The van der Waals surface area contributed by atoms with Crippen LogP contribution in [0.15, 0.2) is 24.3 Å². The van der Waals surface area contributed by atoms with E-state index >= 15 is 0 Å². The molecular weight excluding hydrogens is 354 g/mol. The van der Waals surface area contributed by atoms with Crippen molar-refractivity contribution in [3.8, 4) is 0 Å². The highest BCUT2D eigenvalue weighted by molar-refractivity contribution is 5.79. The van der Waals surface area contributed by atoms with E-state index in [-0.39, 0.29) is 30.7 Å². The lowest BCUT2D eigenvalue weighted by Gasteiger charge is -2.62. The fraction of sp³-hybridized carbons (Fsp3) is 0.636. The minimum Gasteiger partial charge on any atom is -0.366 e. The molecule has 3 aliphatic heterocycles. The predicted octanol–water partition coefficient (Wildman–Crippen LogP) is 1.85. The van der Waals surface area contributed by atoms with Crippen molar-refractivity contribution in [2.75, 3.05) is 32.8 Å². The molecule has 0 aromatic heterocycles. The minimum absolute atomic E-state index is 0.0467. The number of urea groups is 1. The van der Waals surface area contributed by atoms with Gasteiger partial charge in [-0.2, -0.15) is 0 Å². The van der Waals surface area contributed by atoms with Gasteiger partial charge >= 0.3 is 6.03 Å². The van der Waals surface area contributed by atoms with Gasteiger partial charge < -0.3 is 19.9 Å². The fourth-order valence-corrected chi connectivity index (χ4v) is 5.86. The number of carbonyl (C=O) groups is 2. The highest BCUT2D eigenvalue weighted by Crippen LogP contribution is 2.65. The molecule has 3 amide bonds. The minimum atomic E-state index is -0.0816. The molecule has 7 rings (SSSR count). The average molecular weight is 381 g/mol. The van der Waals surface area contributed by atoms with Crippen LogP contribution in [0.2, 0.25) is 0 Å². The first-order valence-electron chi connectivity index (χ1n) is 10.6. The summed E-state index contributed by atoms with van der Waals surface area (Å²) in [6.45, 7) is 2.98. The van der Waals surface area contributed by atoms with Crippen LogP contribution in [-0.2, 0) is 14.9 Å². The number of nitrogens with zero attached hydrogens (tertiary/aromatic N) is 2. The molecule has 3 saturated carbocycles. The van der Waals surface area contributed by atoms with Gasteiger partial charge in [0, 0.05) is 32.1 Å². The number of hydrogen-bond donors (Lipinski definition) is 1.